The molecule has 0 fully saturated rings. The summed E-state index contributed by atoms with van der Waals surface area (Å²) in [5, 5.41) is 17.4. The Morgan fingerprint density at radius 2 is 2.00 bits per heavy atom. The van der Waals surface area contributed by atoms with E-state index in [0.717, 1.165) is 0 Å². The second-order valence-corrected chi connectivity index (χ2v) is 2.21. The molecular formula is C6H12O3. The number of hydrogen-bond acceptors (Lipinski definition) is 3. The Hall–Kier alpha value is -0.410. The zero-order chi connectivity index (χ0) is 7.44. The van der Waals surface area contributed by atoms with Gasteiger partial charge in [-0.3, -0.25) is 4.79 Å². The van der Waals surface area contributed by atoms with Crippen molar-refractivity contribution in [3.05, 3.63) is 0 Å². The second-order valence-electron chi connectivity index (χ2n) is 2.21. The Labute approximate surface area is 54.3 Å². The minimum absolute atomic E-state index is 0.134. The number of ketones is 1. The van der Waals surface area contributed by atoms with E-state index in [9.17, 15) is 4.79 Å². The van der Waals surface area contributed by atoms with Gasteiger partial charge >= 0.3 is 0 Å². The summed E-state index contributed by atoms with van der Waals surface area (Å²) in [6, 6.07) is 0. The molecule has 0 radical (unpaired) electrons. The van der Waals surface area contributed by atoms with E-state index in [2.05, 4.69) is 0 Å². The quantitative estimate of drug-likeness (QED) is 0.554. The third-order valence-corrected chi connectivity index (χ3v) is 1.03. The van der Waals surface area contributed by atoms with E-state index >= 15 is 0 Å². The van der Waals surface area contributed by atoms with Crippen LogP contribution in [0.5, 0.6) is 0 Å². The zero-order valence-electron chi connectivity index (χ0n) is 5.66. The Bertz CT molecular complexity index is 98.5. The van der Waals surface area contributed by atoms with Gasteiger partial charge in [-0.05, 0) is 13.8 Å². The first-order valence-electron chi connectivity index (χ1n) is 2.90. The van der Waals surface area contributed by atoms with Gasteiger partial charge in [0.05, 0.1) is 6.10 Å². The molecule has 0 heterocycles. The Morgan fingerprint density at radius 1 is 1.56 bits per heavy atom. The minimum atomic E-state index is -0.995. The highest BCUT2D eigenvalue weighted by Gasteiger charge is 2.11. The number of aliphatic hydroxyl groups is 2. The largest absolute Gasteiger partial charge is 0.393 e. The van der Waals surface area contributed by atoms with E-state index in [4.69, 9.17) is 10.2 Å². The molecule has 9 heavy (non-hydrogen) atoms. The van der Waals surface area contributed by atoms with E-state index < -0.39 is 12.2 Å². The Morgan fingerprint density at radius 3 is 2.11 bits per heavy atom. The van der Waals surface area contributed by atoms with Gasteiger partial charge in [-0.1, -0.05) is 0 Å². The average molecular weight is 132 g/mol. The molecule has 3 heteroatoms. The van der Waals surface area contributed by atoms with Crippen LogP contribution in [0.4, 0.5) is 0 Å². The highest BCUT2D eigenvalue weighted by molar-refractivity contribution is 5.80. The van der Waals surface area contributed by atoms with Gasteiger partial charge in [0.25, 0.3) is 0 Å². The molecule has 54 valence electrons. The number of carbonyl (C=O) groups excluding carboxylic acids is 1. The molecule has 0 aromatic heterocycles. The van der Waals surface area contributed by atoms with Crippen LogP contribution >= 0.6 is 0 Å². The molecule has 0 aliphatic rings. The maximum Gasteiger partial charge on any atom is 0.158 e. The molecule has 2 unspecified atom stereocenters. The van der Waals surface area contributed by atoms with E-state index in [1.54, 1.807) is 0 Å². The maximum atomic E-state index is 10.3. The topological polar surface area (TPSA) is 57.5 Å². The molecule has 0 spiro atoms. The molecule has 0 amide bonds. The number of aliphatic hydroxyl groups excluding tert-OH is 2. The van der Waals surface area contributed by atoms with Gasteiger partial charge < -0.3 is 10.2 Å². The summed E-state index contributed by atoms with van der Waals surface area (Å²) in [4.78, 5) is 10.3. The fourth-order valence-electron chi connectivity index (χ4n) is 0.489. The van der Waals surface area contributed by atoms with Crippen molar-refractivity contribution < 1.29 is 15.0 Å². The molecule has 0 aromatic rings. The predicted octanol–water partition coefficient (Wildman–Crippen LogP) is -0.293. The molecule has 0 saturated heterocycles. The van der Waals surface area contributed by atoms with Gasteiger partial charge in [0.15, 0.2) is 5.78 Å². The molecule has 2 atom stereocenters. The van der Waals surface area contributed by atoms with Crippen molar-refractivity contribution in [1.29, 1.82) is 0 Å². The first kappa shape index (κ1) is 8.59. The average Bonchev–Trinajstić information content (AvgIpc) is 1.63. The smallest absolute Gasteiger partial charge is 0.158 e. The third kappa shape index (κ3) is 4.12. The molecular weight excluding hydrogens is 120 g/mol. The van der Waals surface area contributed by atoms with Crippen molar-refractivity contribution in [3.8, 4) is 0 Å². The molecule has 0 bridgehead atoms. The summed E-state index contributed by atoms with van der Waals surface area (Å²) in [7, 11) is 0. The van der Waals surface area contributed by atoms with Crippen LogP contribution < -0.4 is 0 Å². The molecule has 2 N–H and O–H groups in total. The Kier molecular flexibility index (Phi) is 3.42. The fourth-order valence-corrected chi connectivity index (χ4v) is 0.489. The number of rotatable bonds is 3. The fraction of sp³-hybridized carbons (Fsp3) is 0.833. The predicted molar refractivity (Wildman–Crippen MR) is 33.0 cm³/mol. The number of hydrogen-bond donors (Lipinski definition) is 2. The molecule has 0 aliphatic heterocycles. The van der Waals surface area contributed by atoms with Crippen LogP contribution in [0.3, 0.4) is 0 Å². The van der Waals surface area contributed by atoms with Gasteiger partial charge in [0, 0.05) is 6.42 Å². The van der Waals surface area contributed by atoms with Crippen LogP contribution in [0.2, 0.25) is 0 Å². The van der Waals surface area contributed by atoms with Crippen molar-refractivity contribution in [1.82, 2.24) is 0 Å². The van der Waals surface area contributed by atoms with Crippen molar-refractivity contribution in [2.75, 3.05) is 0 Å². The van der Waals surface area contributed by atoms with Gasteiger partial charge in [-0.25, -0.2) is 0 Å². The van der Waals surface area contributed by atoms with Crippen LogP contribution in [0.1, 0.15) is 20.3 Å². The monoisotopic (exact) mass is 132 g/mol. The summed E-state index contributed by atoms with van der Waals surface area (Å²) in [5.41, 5.74) is 0. The van der Waals surface area contributed by atoms with E-state index in [1.807, 2.05) is 0 Å². The van der Waals surface area contributed by atoms with Crippen molar-refractivity contribution in [2.45, 2.75) is 32.5 Å². The van der Waals surface area contributed by atoms with Crippen LogP contribution in [0.25, 0.3) is 0 Å². The number of Topliss-reactive ketones (excluding diaryl/α,β-unsaturated/α-hetero) is 1. The lowest BCUT2D eigenvalue weighted by molar-refractivity contribution is -0.126. The minimum Gasteiger partial charge on any atom is -0.393 e. The first-order valence-corrected chi connectivity index (χ1v) is 2.90. The lowest BCUT2D eigenvalue weighted by Crippen LogP contribution is -2.21. The van der Waals surface area contributed by atoms with Crippen molar-refractivity contribution in [2.24, 2.45) is 0 Å². The third-order valence-electron chi connectivity index (χ3n) is 1.03. The Balaban J connectivity index is 3.50. The standard InChI is InChI=1S/C6H12O3/c1-4(7)3-6(9)5(2)8/h4,6-7,9H,3H2,1-2H3. The molecule has 0 rings (SSSR count). The molecule has 0 aliphatic carbocycles. The highest BCUT2D eigenvalue weighted by Crippen LogP contribution is 1.97. The first-order chi connectivity index (χ1) is 4.04. The maximum absolute atomic E-state index is 10.3. The van der Waals surface area contributed by atoms with Crippen molar-refractivity contribution >= 4 is 5.78 Å². The lowest BCUT2D eigenvalue weighted by atomic mass is 10.1. The molecule has 0 aromatic carbocycles. The van der Waals surface area contributed by atoms with Crippen LogP contribution in [-0.4, -0.2) is 28.2 Å². The van der Waals surface area contributed by atoms with Crippen LogP contribution in [-0.2, 0) is 4.79 Å². The summed E-state index contributed by atoms with van der Waals surface area (Å²) in [6.45, 7) is 2.83. The number of carbonyl (C=O) groups is 1. The SMILES string of the molecule is CC(=O)C(O)CC(C)O. The van der Waals surface area contributed by atoms with Gasteiger partial charge in [0.1, 0.15) is 6.10 Å². The van der Waals surface area contributed by atoms with Gasteiger partial charge in [-0.15, -0.1) is 0 Å². The summed E-state index contributed by atoms with van der Waals surface area (Å²) in [5.74, 6) is -0.295. The summed E-state index contributed by atoms with van der Waals surface area (Å²) < 4.78 is 0. The summed E-state index contributed by atoms with van der Waals surface area (Å²) >= 11 is 0. The van der Waals surface area contributed by atoms with Gasteiger partial charge in [0.2, 0.25) is 0 Å². The van der Waals surface area contributed by atoms with E-state index in [-0.39, 0.29) is 12.2 Å². The van der Waals surface area contributed by atoms with Crippen LogP contribution in [0.15, 0.2) is 0 Å². The van der Waals surface area contributed by atoms with Gasteiger partial charge in [-0.2, -0.15) is 0 Å². The molecule has 0 saturated carbocycles. The van der Waals surface area contributed by atoms with Crippen molar-refractivity contribution in [3.63, 3.8) is 0 Å². The summed E-state index contributed by atoms with van der Waals surface area (Å²) in [6.07, 6.45) is -1.47. The van der Waals surface area contributed by atoms with E-state index in [0.29, 0.717) is 0 Å². The lowest BCUT2D eigenvalue weighted by Gasteiger charge is -2.07. The van der Waals surface area contributed by atoms with E-state index in [1.165, 1.54) is 13.8 Å². The zero-order valence-corrected chi connectivity index (χ0v) is 5.66. The second kappa shape index (κ2) is 3.58. The molecule has 3 nitrogen and oxygen atoms in total. The normalized spacial score (nSPS) is 16.9. The van der Waals surface area contributed by atoms with Crippen LogP contribution in [0, 0.1) is 0 Å². The highest BCUT2D eigenvalue weighted by atomic mass is 16.3.